The van der Waals surface area contributed by atoms with Crippen molar-refractivity contribution in [3.8, 4) is 0 Å². The van der Waals surface area contributed by atoms with Crippen LogP contribution in [0.2, 0.25) is 5.02 Å². The molecule has 2 aromatic heterocycles. The lowest BCUT2D eigenvalue weighted by molar-refractivity contribution is 1.08. The van der Waals surface area contributed by atoms with Crippen LogP contribution >= 0.6 is 39.3 Å². The summed E-state index contributed by atoms with van der Waals surface area (Å²) in [5, 5.41) is 2.11. The molecule has 0 radical (unpaired) electrons. The highest BCUT2D eigenvalue weighted by Crippen LogP contribution is 2.34. The molecule has 82 valence electrons. The van der Waals surface area contributed by atoms with Crippen LogP contribution in [0, 0.1) is 0 Å². The highest BCUT2D eigenvalue weighted by molar-refractivity contribution is 9.10. The monoisotopic (exact) mass is 315 g/mol. The summed E-state index contributed by atoms with van der Waals surface area (Å²) in [5.74, 6) is 0. The third-order valence-corrected chi connectivity index (χ3v) is 3.89. The first kappa shape index (κ1) is 11.7. The maximum Gasteiger partial charge on any atom is 0.125 e. The van der Waals surface area contributed by atoms with Gasteiger partial charge in [-0.1, -0.05) is 11.6 Å². The average Bonchev–Trinajstić information content (AvgIpc) is 2.25. The standard InChI is InChI=1S/C10H7BrClN3S/c11-7-4-6(12)5-15-9(7)16-10-8(13)2-1-3-14-10/h1-5H,13H2. The zero-order chi connectivity index (χ0) is 11.5. The fraction of sp³-hybridized carbons (Fsp3) is 0. The van der Waals surface area contributed by atoms with Crippen molar-refractivity contribution in [1.29, 1.82) is 0 Å². The van der Waals surface area contributed by atoms with E-state index < -0.39 is 0 Å². The average molecular weight is 317 g/mol. The van der Waals surface area contributed by atoms with Crippen molar-refractivity contribution in [2.75, 3.05) is 5.73 Å². The lowest BCUT2D eigenvalue weighted by atomic mass is 10.4. The van der Waals surface area contributed by atoms with Crippen LogP contribution in [0.25, 0.3) is 0 Å². The zero-order valence-corrected chi connectivity index (χ0v) is 11.2. The highest BCUT2D eigenvalue weighted by Gasteiger charge is 2.07. The molecule has 0 atom stereocenters. The van der Waals surface area contributed by atoms with E-state index in [1.54, 1.807) is 30.6 Å². The molecule has 3 nitrogen and oxygen atoms in total. The predicted octanol–water partition coefficient (Wildman–Crippen LogP) is 3.63. The fourth-order valence-electron chi connectivity index (χ4n) is 1.06. The highest BCUT2D eigenvalue weighted by atomic mass is 79.9. The Balaban J connectivity index is 2.31. The molecule has 0 spiro atoms. The van der Waals surface area contributed by atoms with E-state index in [1.807, 2.05) is 0 Å². The van der Waals surface area contributed by atoms with E-state index >= 15 is 0 Å². The van der Waals surface area contributed by atoms with E-state index in [0.717, 1.165) is 14.5 Å². The van der Waals surface area contributed by atoms with Crippen molar-refractivity contribution in [3.63, 3.8) is 0 Å². The first-order valence-electron chi connectivity index (χ1n) is 4.36. The van der Waals surface area contributed by atoms with Crippen molar-refractivity contribution >= 4 is 45.0 Å². The molecule has 2 N–H and O–H groups in total. The molecule has 0 amide bonds. The summed E-state index contributed by atoms with van der Waals surface area (Å²) in [6, 6.07) is 5.39. The zero-order valence-electron chi connectivity index (χ0n) is 8.02. The van der Waals surface area contributed by atoms with Crippen molar-refractivity contribution in [1.82, 2.24) is 9.97 Å². The molecule has 0 saturated carbocycles. The van der Waals surface area contributed by atoms with Gasteiger partial charge in [-0.15, -0.1) is 0 Å². The molecule has 6 heteroatoms. The Labute approximate surface area is 111 Å². The molecule has 2 rings (SSSR count). The maximum atomic E-state index is 5.81. The number of nitrogens with two attached hydrogens (primary N) is 1. The largest absolute Gasteiger partial charge is 0.397 e. The lowest BCUT2D eigenvalue weighted by Crippen LogP contribution is -1.91. The van der Waals surface area contributed by atoms with Gasteiger partial charge < -0.3 is 5.73 Å². The Morgan fingerprint density at radius 1 is 1.31 bits per heavy atom. The molecule has 0 aliphatic rings. The second kappa shape index (κ2) is 5.03. The van der Waals surface area contributed by atoms with Gasteiger partial charge in [0, 0.05) is 12.4 Å². The van der Waals surface area contributed by atoms with Crippen LogP contribution in [-0.4, -0.2) is 9.97 Å². The molecular weight excluding hydrogens is 310 g/mol. The summed E-state index contributed by atoms with van der Waals surface area (Å²) in [7, 11) is 0. The summed E-state index contributed by atoms with van der Waals surface area (Å²) >= 11 is 10.6. The number of aromatic nitrogens is 2. The number of hydrogen-bond donors (Lipinski definition) is 1. The second-order valence-corrected chi connectivity index (χ2v) is 5.21. The SMILES string of the molecule is Nc1cccnc1Sc1ncc(Cl)cc1Br. The first-order chi connectivity index (χ1) is 7.66. The van der Waals surface area contributed by atoms with Gasteiger partial charge >= 0.3 is 0 Å². The summed E-state index contributed by atoms with van der Waals surface area (Å²) in [6.07, 6.45) is 3.29. The van der Waals surface area contributed by atoms with Gasteiger partial charge in [0.1, 0.15) is 10.1 Å². The Kier molecular flexibility index (Phi) is 3.68. The van der Waals surface area contributed by atoms with Gasteiger partial charge in [-0.2, -0.15) is 0 Å². The molecular formula is C10H7BrClN3S. The van der Waals surface area contributed by atoms with Gasteiger partial charge in [0.15, 0.2) is 0 Å². The van der Waals surface area contributed by atoms with Crippen LogP contribution in [-0.2, 0) is 0 Å². The Morgan fingerprint density at radius 2 is 2.12 bits per heavy atom. The van der Waals surface area contributed by atoms with E-state index in [0.29, 0.717) is 10.7 Å². The molecule has 0 aliphatic heterocycles. The molecule has 2 heterocycles. The molecule has 0 saturated heterocycles. The van der Waals surface area contributed by atoms with Crippen LogP contribution in [0.15, 0.2) is 45.1 Å². The van der Waals surface area contributed by atoms with E-state index in [4.69, 9.17) is 17.3 Å². The van der Waals surface area contributed by atoms with Gasteiger partial charge in [0.2, 0.25) is 0 Å². The lowest BCUT2D eigenvalue weighted by Gasteiger charge is -2.04. The minimum Gasteiger partial charge on any atom is -0.397 e. The van der Waals surface area contributed by atoms with Gasteiger partial charge in [-0.05, 0) is 45.9 Å². The van der Waals surface area contributed by atoms with Crippen molar-refractivity contribution in [3.05, 3.63) is 40.1 Å². The number of halogens is 2. The molecule has 0 aliphatic carbocycles. The number of pyridine rings is 2. The molecule has 0 aromatic carbocycles. The van der Waals surface area contributed by atoms with Gasteiger partial charge in [0.05, 0.1) is 15.2 Å². The third kappa shape index (κ3) is 2.66. The Hall–Kier alpha value is -0.780. The molecule has 0 fully saturated rings. The second-order valence-electron chi connectivity index (χ2n) is 2.94. The summed E-state index contributed by atoms with van der Waals surface area (Å²) in [6.45, 7) is 0. The van der Waals surface area contributed by atoms with Crippen molar-refractivity contribution < 1.29 is 0 Å². The van der Waals surface area contributed by atoms with Crippen LogP contribution in [0.3, 0.4) is 0 Å². The third-order valence-electron chi connectivity index (χ3n) is 1.77. The molecule has 0 bridgehead atoms. The van der Waals surface area contributed by atoms with Gasteiger partial charge in [-0.3, -0.25) is 0 Å². The van der Waals surface area contributed by atoms with Crippen LogP contribution < -0.4 is 5.73 Å². The smallest absolute Gasteiger partial charge is 0.125 e. The topological polar surface area (TPSA) is 51.8 Å². The number of rotatable bonds is 2. The summed E-state index contributed by atoms with van der Waals surface area (Å²) in [5.41, 5.74) is 6.43. The van der Waals surface area contributed by atoms with Crippen LogP contribution in [0.4, 0.5) is 5.69 Å². The maximum absolute atomic E-state index is 5.81. The first-order valence-corrected chi connectivity index (χ1v) is 6.35. The Bertz CT molecular complexity index is 521. The van der Waals surface area contributed by atoms with Crippen molar-refractivity contribution in [2.45, 2.75) is 10.1 Å². The van der Waals surface area contributed by atoms with Gasteiger partial charge in [0.25, 0.3) is 0 Å². The van der Waals surface area contributed by atoms with Crippen LogP contribution in [0.5, 0.6) is 0 Å². The van der Waals surface area contributed by atoms with E-state index in [2.05, 4.69) is 25.9 Å². The predicted molar refractivity (Wildman–Crippen MR) is 69.7 cm³/mol. The number of anilines is 1. The number of nitrogen functional groups attached to an aromatic ring is 1. The normalized spacial score (nSPS) is 10.4. The van der Waals surface area contributed by atoms with Crippen LogP contribution in [0.1, 0.15) is 0 Å². The number of nitrogens with zero attached hydrogens (tertiary/aromatic N) is 2. The molecule has 16 heavy (non-hydrogen) atoms. The number of hydrogen-bond acceptors (Lipinski definition) is 4. The minimum atomic E-state index is 0.588. The minimum absolute atomic E-state index is 0.588. The summed E-state index contributed by atoms with van der Waals surface area (Å²) < 4.78 is 0.829. The fourth-order valence-corrected chi connectivity index (χ4v) is 2.68. The van der Waals surface area contributed by atoms with E-state index in [1.165, 1.54) is 11.8 Å². The van der Waals surface area contributed by atoms with Crippen molar-refractivity contribution in [2.24, 2.45) is 0 Å². The molecule has 2 aromatic rings. The van der Waals surface area contributed by atoms with Gasteiger partial charge in [-0.25, -0.2) is 9.97 Å². The quantitative estimate of drug-likeness (QED) is 0.919. The molecule has 0 unspecified atom stereocenters. The Morgan fingerprint density at radius 3 is 2.81 bits per heavy atom. The van der Waals surface area contributed by atoms with E-state index in [-0.39, 0.29) is 0 Å². The van der Waals surface area contributed by atoms with E-state index in [9.17, 15) is 0 Å². The summed E-state index contributed by atoms with van der Waals surface area (Å²) in [4.78, 5) is 8.38.